The van der Waals surface area contributed by atoms with E-state index in [4.69, 9.17) is 4.74 Å². The molecule has 3 atom stereocenters. The summed E-state index contributed by atoms with van der Waals surface area (Å²) >= 11 is 0. The van der Waals surface area contributed by atoms with Crippen LogP contribution in [0.15, 0.2) is 11.6 Å². The van der Waals surface area contributed by atoms with E-state index in [0.717, 1.165) is 25.8 Å². The Balaban J connectivity index is 3.15. The Labute approximate surface area is 201 Å². The smallest absolute Gasteiger partial charge is 0.333 e. The first-order valence-corrected chi connectivity index (χ1v) is 12.4. The van der Waals surface area contributed by atoms with Crippen LogP contribution >= 0.6 is 0 Å². The van der Waals surface area contributed by atoms with Crippen LogP contribution in [0.1, 0.15) is 81.6 Å². The van der Waals surface area contributed by atoms with Crippen molar-refractivity contribution in [2.24, 2.45) is 11.3 Å². The van der Waals surface area contributed by atoms with Crippen LogP contribution in [0.25, 0.3) is 0 Å². The molecular formula is C26H47N3O4. The molecule has 0 aromatic rings. The van der Waals surface area contributed by atoms with E-state index in [-0.39, 0.29) is 41.8 Å². The van der Waals surface area contributed by atoms with Gasteiger partial charge in [-0.05, 0) is 58.4 Å². The predicted octanol–water partition coefficient (Wildman–Crippen LogP) is 3.77. The number of ether oxygens (including phenoxy) is 1. The summed E-state index contributed by atoms with van der Waals surface area (Å²) in [4.78, 5) is 43.1. The SMILES string of the molecule is CCOC(=O)/C(C)=C/[C@H](C(C)C)N(C)C(=O)C(NC(=O)C1CCCCN1C(C)C)C(C)(C)C. The molecule has 190 valence electrons. The number of carbonyl (C=O) groups is 3. The Hall–Kier alpha value is -1.89. The van der Waals surface area contributed by atoms with Crippen LogP contribution in [-0.2, 0) is 19.1 Å². The van der Waals surface area contributed by atoms with Gasteiger partial charge in [0.25, 0.3) is 0 Å². The highest BCUT2D eigenvalue weighted by Gasteiger charge is 2.39. The summed E-state index contributed by atoms with van der Waals surface area (Å²) in [5.41, 5.74) is 0.000989. The van der Waals surface area contributed by atoms with E-state index in [1.807, 2.05) is 34.6 Å². The zero-order chi connectivity index (χ0) is 25.5. The highest BCUT2D eigenvalue weighted by atomic mass is 16.5. The van der Waals surface area contributed by atoms with Crippen molar-refractivity contribution in [3.63, 3.8) is 0 Å². The second-order valence-electron chi connectivity index (χ2n) is 10.9. The molecule has 1 fully saturated rings. The van der Waals surface area contributed by atoms with E-state index >= 15 is 0 Å². The number of amides is 2. The average molecular weight is 466 g/mol. The standard InChI is InChI=1S/C26H47N3O4/c1-11-33-25(32)19(6)16-21(17(2)3)28(10)24(31)22(26(7,8)9)27-23(30)20-14-12-13-15-29(20)18(4)5/h16-18,20-22H,11-15H2,1-10H3,(H,27,30)/b19-16+/t20?,21-,22?/m1/s1. The first kappa shape index (κ1) is 29.1. The maximum Gasteiger partial charge on any atom is 0.333 e. The van der Waals surface area contributed by atoms with Crippen molar-refractivity contribution in [2.45, 2.75) is 106 Å². The van der Waals surface area contributed by atoms with Gasteiger partial charge >= 0.3 is 5.97 Å². The molecule has 1 saturated heterocycles. The van der Waals surface area contributed by atoms with Gasteiger partial charge in [0, 0.05) is 18.7 Å². The van der Waals surface area contributed by atoms with Crippen LogP contribution < -0.4 is 5.32 Å². The number of likely N-dealkylation sites (N-methyl/N-ethyl adjacent to an activating group) is 1. The summed E-state index contributed by atoms with van der Waals surface area (Å²) in [6, 6.07) is -0.920. The van der Waals surface area contributed by atoms with E-state index < -0.39 is 11.5 Å². The quantitative estimate of drug-likeness (QED) is 0.414. The molecule has 7 nitrogen and oxygen atoms in total. The Bertz CT molecular complexity index is 709. The summed E-state index contributed by atoms with van der Waals surface area (Å²) in [6.45, 7) is 18.8. The lowest BCUT2D eigenvalue weighted by Gasteiger charge is -2.41. The van der Waals surface area contributed by atoms with Gasteiger partial charge in [-0.3, -0.25) is 14.5 Å². The highest BCUT2D eigenvalue weighted by Crippen LogP contribution is 2.26. The molecule has 0 aromatic heterocycles. The van der Waals surface area contributed by atoms with Crippen molar-refractivity contribution in [2.75, 3.05) is 20.2 Å². The lowest BCUT2D eigenvalue weighted by Crippen LogP contribution is -2.60. The number of carbonyl (C=O) groups excluding carboxylic acids is 3. The Morgan fingerprint density at radius 3 is 2.24 bits per heavy atom. The molecule has 2 amide bonds. The van der Waals surface area contributed by atoms with E-state index in [1.165, 1.54) is 0 Å². The summed E-state index contributed by atoms with van der Waals surface area (Å²) in [7, 11) is 1.74. The maximum atomic E-state index is 13.7. The molecular weight excluding hydrogens is 418 g/mol. The number of nitrogens with zero attached hydrogens (tertiary/aromatic N) is 2. The third-order valence-corrected chi connectivity index (χ3v) is 6.41. The maximum absolute atomic E-state index is 13.7. The third-order valence-electron chi connectivity index (χ3n) is 6.41. The van der Waals surface area contributed by atoms with E-state index in [0.29, 0.717) is 12.2 Å². The van der Waals surface area contributed by atoms with Crippen molar-refractivity contribution in [1.29, 1.82) is 0 Å². The van der Waals surface area contributed by atoms with E-state index in [2.05, 4.69) is 24.1 Å². The molecule has 0 bridgehead atoms. The van der Waals surface area contributed by atoms with Crippen LogP contribution in [0.4, 0.5) is 0 Å². The van der Waals surface area contributed by atoms with Crippen molar-refractivity contribution >= 4 is 17.8 Å². The number of hydrogen-bond acceptors (Lipinski definition) is 5. The van der Waals surface area contributed by atoms with Gasteiger partial charge in [-0.15, -0.1) is 0 Å². The predicted molar refractivity (Wildman–Crippen MR) is 133 cm³/mol. The molecule has 1 rings (SSSR count). The van der Waals surface area contributed by atoms with Gasteiger partial charge in [-0.2, -0.15) is 0 Å². The monoisotopic (exact) mass is 465 g/mol. The van der Waals surface area contributed by atoms with Crippen molar-refractivity contribution in [1.82, 2.24) is 15.1 Å². The first-order valence-electron chi connectivity index (χ1n) is 12.4. The molecule has 0 aliphatic carbocycles. The normalized spacial score (nSPS) is 19.9. The van der Waals surface area contributed by atoms with Crippen LogP contribution in [0.2, 0.25) is 0 Å². The summed E-state index contributed by atoms with van der Waals surface area (Å²) < 4.78 is 5.10. The number of rotatable bonds is 9. The van der Waals surface area contributed by atoms with E-state index in [9.17, 15) is 14.4 Å². The van der Waals surface area contributed by atoms with Crippen LogP contribution in [-0.4, -0.2) is 72.0 Å². The van der Waals surface area contributed by atoms with E-state index in [1.54, 1.807) is 31.9 Å². The summed E-state index contributed by atoms with van der Waals surface area (Å²) in [5.74, 6) is -0.538. The number of hydrogen-bond donors (Lipinski definition) is 1. The molecule has 1 heterocycles. The molecule has 1 aliphatic heterocycles. The Morgan fingerprint density at radius 1 is 1.15 bits per heavy atom. The molecule has 1 N–H and O–H groups in total. The van der Waals surface area contributed by atoms with Crippen molar-refractivity contribution in [3.8, 4) is 0 Å². The number of likely N-dealkylation sites (tertiary alicyclic amines) is 1. The number of piperidine rings is 1. The van der Waals surface area contributed by atoms with Gasteiger partial charge in [-0.25, -0.2) is 4.79 Å². The fourth-order valence-corrected chi connectivity index (χ4v) is 4.41. The molecule has 1 aliphatic rings. The fraction of sp³-hybridized carbons (Fsp3) is 0.808. The van der Waals surface area contributed by atoms with Crippen LogP contribution in [0.5, 0.6) is 0 Å². The summed E-state index contributed by atoms with van der Waals surface area (Å²) in [6.07, 6.45) is 4.71. The minimum Gasteiger partial charge on any atom is -0.463 e. The lowest BCUT2D eigenvalue weighted by molar-refractivity contribution is -0.142. The van der Waals surface area contributed by atoms with Gasteiger partial charge in [0.2, 0.25) is 11.8 Å². The topological polar surface area (TPSA) is 79.0 Å². The molecule has 0 spiro atoms. The number of esters is 1. The Kier molecular flexibility index (Phi) is 11.1. The van der Waals surface area contributed by atoms with Crippen LogP contribution in [0, 0.1) is 11.3 Å². The Morgan fingerprint density at radius 2 is 1.76 bits per heavy atom. The summed E-state index contributed by atoms with van der Waals surface area (Å²) in [5, 5.41) is 3.10. The van der Waals surface area contributed by atoms with Gasteiger partial charge in [-0.1, -0.05) is 47.1 Å². The molecule has 33 heavy (non-hydrogen) atoms. The minimum absolute atomic E-state index is 0.0782. The fourth-order valence-electron chi connectivity index (χ4n) is 4.41. The van der Waals surface area contributed by atoms with Crippen molar-refractivity contribution in [3.05, 3.63) is 11.6 Å². The van der Waals surface area contributed by atoms with Crippen LogP contribution in [0.3, 0.4) is 0 Å². The van der Waals surface area contributed by atoms with Crippen molar-refractivity contribution < 1.29 is 19.1 Å². The first-order chi connectivity index (χ1) is 15.2. The van der Waals surface area contributed by atoms with Gasteiger partial charge < -0.3 is 15.0 Å². The zero-order valence-corrected chi connectivity index (χ0v) is 22.5. The second-order valence-corrected chi connectivity index (χ2v) is 10.9. The third kappa shape index (κ3) is 8.13. The highest BCUT2D eigenvalue weighted by molar-refractivity contribution is 5.91. The van der Waals surface area contributed by atoms with Gasteiger partial charge in [0.1, 0.15) is 6.04 Å². The molecule has 2 unspecified atom stereocenters. The zero-order valence-electron chi connectivity index (χ0n) is 22.5. The largest absolute Gasteiger partial charge is 0.463 e. The minimum atomic E-state index is -0.677. The molecule has 0 saturated carbocycles. The van der Waals surface area contributed by atoms with Gasteiger partial charge in [0.05, 0.1) is 18.7 Å². The molecule has 0 radical (unpaired) electrons. The molecule has 7 heteroatoms. The lowest BCUT2D eigenvalue weighted by atomic mass is 9.84. The average Bonchev–Trinajstić information content (AvgIpc) is 2.73. The second kappa shape index (κ2) is 12.5. The molecule has 0 aromatic carbocycles. The van der Waals surface area contributed by atoms with Gasteiger partial charge in [0.15, 0.2) is 0 Å². The number of nitrogens with one attached hydrogen (secondary N) is 1.